The minimum absolute atomic E-state index is 0.110. The summed E-state index contributed by atoms with van der Waals surface area (Å²) >= 11 is 0. The fourth-order valence-electron chi connectivity index (χ4n) is 5.00. The summed E-state index contributed by atoms with van der Waals surface area (Å²) in [6, 6.07) is 21.2. The highest BCUT2D eigenvalue weighted by Crippen LogP contribution is 2.30. The normalized spacial score (nSPS) is 13.6. The summed E-state index contributed by atoms with van der Waals surface area (Å²) < 4.78 is 15.7. The first kappa shape index (κ1) is 28.1. The lowest BCUT2D eigenvalue weighted by Gasteiger charge is -2.31. The second-order valence-corrected chi connectivity index (χ2v) is 9.75. The van der Waals surface area contributed by atoms with Gasteiger partial charge in [-0.05, 0) is 47.7 Å². The maximum Gasteiger partial charge on any atom is 0.309 e. The molecular formula is C31H36N2O6. The predicted molar refractivity (Wildman–Crippen MR) is 148 cm³/mol. The highest BCUT2D eigenvalue weighted by atomic mass is 16.5. The smallest absolute Gasteiger partial charge is 0.309 e. The number of hydrogen-bond donors (Lipinski definition) is 2. The van der Waals surface area contributed by atoms with Crippen LogP contribution in [0.4, 0.5) is 0 Å². The monoisotopic (exact) mass is 532 g/mol. The molecule has 0 saturated heterocycles. The lowest BCUT2D eigenvalue weighted by molar-refractivity contribution is -0.139. The number of nitrogens with one attached hydrogen (secondary N) is 1. The number of carbonyl (C=O) groups is 2. The topological polar surface area (TPSA) is 97.3 Å². The number of esters is 1. The Morgan fingerprint density at radius 2 is 1.67 bits per heavy atom. The van der Waals surface area contributed by atoms with E-state index >= 15 is 0 Å². The molecule has 1 amide bonds. The van der Waals surface area contributed by atoms with E-state index in [0.29, 0.717) is 18.7 Å². The number of hydrogen-bond acceptors (Lipinski definition) is 7. The molecule has 8 nitrogen and oxygen atoms in total. The van der Waals surface area contributed by atoms with E-state index < -0.39 is 6.10 Å². The fraction of sp³-hybridized carbons (Fsp3) is 0.355. The van der Waals surface area contributed by atoms with Crippen LogP contribution in [0.2, 0.25) is 0 Å². The van der Waals surface area contributed by atoms with Gasteiger partial charge < -0.3 is 24.6 Å². The minimum atomic E-state index is -0.777. The maximum absolute atomic E-state index is 12.7. The number of methoxy groups -OCH3 is 3. The van der Waals surface area contributed by atoms with Gasteiger partial charge in [0, 0.05) is 42.9 Å². The summed E-state index contributed by atoms with van der Waals surface area (Å²) in [4.78, 5) is 26.4. The van der Waals surface area contributed by atoms with Gasteiger partial charge in [-0.25, -0.2) is 0 Å². The third kappa shape index (κ3) is 7.37. The molecule has 39 heavy (non-hydrogen) atoms. The Morgan fingerprint density at radius 3 is 2.28 bits per heavy atom. The first-order valence-corrected chi connectivity index (χ1v) is 13.0. The Morgan fingerprint density at radius 1 is 0.974 bits per heavy atom. The fourth-order valence-corrected chi connectivity index (χ4v) is 5.00. The number of carbonyl (C=O) groups excluding carboxylic acids is 2. The quantitative estimate of drug-likeness (QED) is 0.346. The van der Waals surface area contributed by atoms with Crippen LogP contribution in [0, 0.1) is 0 Å². The van der Waals surface area contributed by atoms with Crippen LogP contribution in [0.25, 0.3) is 0 Å². The average molecular weight is 533 g/mol. The molecule has 0 fully saturated rings. The third-order valence-corrected chi connectivity index (χ3v) is 7.15. The Balaban J connectivity index is 1.41. The second-order valence-electron chi connectivity index (χ2n) is 9.75. The molecule has 3 aromatic rings. The number of amides is 1. The van der Waals surface area contributed by atoms with Crippen molar-refractivity contribution >= 4 is 11.9 Å². The van der Waals surface area contributed by atoms with E-state index in [9.17, 15) is 14.7 Å². The van der Waals surface area contributed by atoms with Crippen molar-refractivity contribution in [1.82, 2.24) is 10.2 Å². The van der Waals surface area contributed by atoms with Gasteiger partial charge in [0.15, 0.2) is 0 Å². The van der Waals surface area contributed by atoms with E-state index in [1.54, 1.807) is 38.5 Å². The van der Waals surface area contributed by atoms with Crippen molar-refractivity contribution in [2.24, 2.45) is 0 Å². The van der Waals surface area contributed by atoms with Crippen molar-refractivity contribution in [3.8, 4) is 11.5 Å². The van der Waals surface area contributed by atoms with Crippen molar-refractivity contribution in [3.05, 3.63) is 94.5 Å². The molecule has 1 aliphatic rings. The van der Waals surface area contributed by atoms with Gasteiger partial charge in [0.1, 0.15) is 11.5 Å². The number of nitrogens with zero attached hydrogens (tertiary/aromatic N) is 1. The largest absolute Gasteiger partial charge is 0.497 e. The van der Waals surface area contributed by atoms with Gasteiger partial charge in [-0.15, -0.1) is 0 Å². The predicted octanol–water partition coefficient (Wildman–Crippen LogP) is 3.18. The molecule has 0 radical (unpaired) electrons. The SMILES string of the molecule is COC(=O)Cc1ccc(C(=O)NCC(O)CN(Cc2ccc(OC)cc2OC)C2Cc3ccccc3C2)cc1. The van der Waals surface area contributed by atoms with Crippen LogP contribution < -0.4 is 14.8 Å². The number of ether oxygens (including phenoxy) is 3. The highest BCUT2D eigenvalue weighted by Gasteiger charge is 2.29. The summed E-state index contributed by atoms with van der Waals surface area (Å²) in [5, 5.41) is 13.8. The molecule has 206 valence electrons. The third-order valence-electron chi connectivity index (χ3n) is 7.15. The molecule has 8 heteroatoms. The van der Waals surface area contributed by atoms with E-state index in [4.69, 9.17) is 9.47 Å². The highest BCUT2D eigenvalue weighted by molar-refractivity contribution is 5.94. The number of benzene rings is 3. The van der Waals surface area contributed by atoms with E-state index in [1.807, 2.05) is 18.2 Å². The van der Waals surface area contributed by atoms with Crippen LogP contribution in [0.5, 0.6) is 11.5 Å². The Kier molecular flexibility index (Phi) is 9.57. The van der Waals surface area contributed by atoms with Crippen molar-refractivity contribution in [2.75, 3.05) is 34.4 Å². The van der Waals surface area contributed by atoms with Crippen LogP contribution >= 0.6 is 0 Å². The van der Waals surface area contributed by atoms with Crippen molar-refractivity contribution < 1.29 is 28.9 Å². The molecule has 1 atom stereocenters. The zero-order valence-electron chi connectivity index (χ0n) is 22.7. The molecule has 4 rings (SSSR count). The summed E-state index contributed by atoms with van der Waals surface area (Å²) in [6.45, 7) is 1.07. The summed E-state index contributed by atoms with van der Waals surface area (Å²) in [7, 11) is 4.61. The number of fused-ring (bicyclic) bond motifs is 1. The zero-order valence-corrected chi connectivity index (χ0v) is 22.7. The van der Waals surface area contributed by atoms with Gasteiger partial charge >= 0.3 is 5.97 Å². The van der Waals surface area contributed by atoms with E-state index in [-0.39, 0.29) is 30.9 Å². The maximum atomic E-state index is 12.7. The Hall–Kier alpha value is -3.88. The zero-order chi connectivity index (χ0) is 27.8. The Labute approximate surface area is 229 Å². The van der Waals surface area contributed by atoms with Gasteiger partial charge in [0.25, 0.3) is 5.91 Å². The first-order valence-electron chi connectivity index (χ1n) is 13.0. The van der Waals surface area contributed by atoms with Crippen LogP contribution in [-0.4, -0.2) is 68.4 Å². The molecule has 0 spiro atoms. The molecule has 2 N–H and O–H groups in total. The van der Waals surface area contributed by atoms with Gasteiger partial charge in [0.2, 0.25) is 0 Å². The molecule has 0 saturated carbocycles. The van der Waals surface area contributed by atoms with Crippen molar-refractivity contribution in [3.63, 3.8) is 0 Å². The van der Waals surface area contributed by atoms with Gasteiger partial charge in [-0.3, -0.25) is 14.5 Å². The number of aliphatic hydroxyl groups is 1. The molecule has 0 aromatic heterocycles. The lowest BCUT2D eigenvalue weighted by Crippen LogP contribution is -2.44. The molecular weight excluding hydrogens is 496 g/mol. The average Bonchev–Trinajstić information content (AvgIpc) is 3.40. The van der Waals surface area contributed by atoms with Crippen LogP contribution in [0.3, 0.4) is 0 Å². The van der Waals surface area contributed by atoms with Gasteiger partial charge in [-0.1, -0.05) is 42.5 Å². The summed E-state index contributed by atoms with van der Waals surface area (Å²) in [6.07, 6.45) is 1.16. The Bertz CT molecular complexity index is 1250. The summed E-state index contributed by atoms with van der Waals surface area (Å²) in [5.74, 6) is 0.831. The van der Waals surface area contributed by atoms with Crippen LogP contribution in [0.15, 0.2) is 66.7 Å². The van der Waals surface area contributed by atoms with Gasteiger partial charge in [-0.2, -0.15) is 0 Å². The second kappa shape index (κ2) is 13.3. The number of aliphatic hydroxyl groups excluding tert-OH is 1. The van der Waals surface area contributed by atoms with Crippen molar-refractivity contribution in [2.45, 2.75) is 38.0 Å². The lowest BCUT2D eigenvalue weighted by atomic mass is 10.1. The summed E-state index contributed by atoms with van der Waals surface area (Å²) in [5.41, 5.74) is 4.88. The molecule has 1 aliphatic carbocycles. The van der Waals surface area contributed by atoms with E-state index in [1.165, 1.54) is 18.2 Å². The van der Waals surface area contributed by atoms with Gasteiger partial charge in [0.05, 0.1) is 33.9 Å². The molecule has 1 unspecified atom stereocenters. The van der Waals surface area contributed by atoms with Crippen molar-refractivity contribution in [1.29, 1.82) is 0 Å². The molecule has 0 aliphatic heterocycles. The molecule has 0 heterocycles. The standard InChI is InChI=1S/C31H36N2O6/c1-37-28-13-12-25(29(17-28)38-2)19-33(26-15-23-6-4-5-7-24(23)16-26)20-27(34)18-32-31(36)22-10-8-21(9-11-22)14-30(35)39-3/h4-13,17,26-27,34H,14-16,18-20H2,1-3H3,(H,32,36). The number of rotatable bonds is 12. The van der Waals surface area contributed by atoms with E-state index in [0.717, 1.165) is 35.5 Å². The first-order chi connectivity index (χ1) is 18.9. The molecule has 3 aromatic carbocycles. The van der Waals surface area contributed by atoms with Crippen LogP contribution in [0.1, 0.15) is 32.6 Å². The van der Waals surface area contributed by atoms with Crippen LogP contribution in [-0.2, 0) is 35.3 Å². The minimum Gasteiger partial charge on any atom is -0.497 e. The molecule has 0 bridgehead atoms. The van der Waals surface area contributed by atoms with E-state index in [2.05, 4.69) is 39.2 Å².